The molecule has 0 aliphatic carbocycles. The number of tetrazole rings is 1. The minimum atomic E-state index is -0.750. The van der Waals surface area contributed by atoms with Gasteiger partial charge < -0.3 is 14.7 Å². The maximum Gasteiger partial charge on any atom is 1.00 e. The van der Waals surface area contributed by atoms with Crippen molar-refractivity contribution in [2.75, 3.05) is 0 Å². The minimum absolute atomic E-state index is 0. The van der Waals surface area contributed by atoms with Crippen molar-refractivity contribution in [1.82, 2.24) is 25.5 Å². The molecule has 9 nitrogen and oxygen atoms in total. The Morgan fingerprint density at radius 1 is 1.26 bits per heavy atom. The van der Waals surface area contributed by atoms with E-state index in [2.05, 4.69) is 25.6 Å². The number of benzene rings is 1. The number of rotatable bonds is 4. The second-order valence-electron chi connectivity index (χ2n) is 5.53. The maximum atomic E-state index is 12.7. The molecule has 0 radical (unpaired) electrons. The molecule has 0 spiro atoms. The number of aliphatic imine (C=N–C) groups is 1. The number of para-hydroxylation sites is 1. The van der Waals surface area contributed by atoms with Crippen molar-refractivity contribution >= 4 is 17.8 Å². The molecule has 4 rings (SSSR count). The number of ether oxygens (including phenoxy) is 1. The molecule has 2 aromatic rings. The number of allylic oxidation sites excluding steroid dienone is 2. The van der Waals surface area contributed by atoms with Crippen LogP contribution in [-0.2, 0) is 4.79 Å². The molecule has 27 heavy (non-hydrogen) atoms. The molecule has 2 atom stereocenters. The van der Waals surface area contributed by atoms with Crippen molar-refractivity contribution in [3.8, 4) is 5.75 Å². The van der Waals surface area contributed by atoms with Gasteiger partial charge in [-0.2, -0.15) is 5.21 Å². The first kappa shape index (κ1) is 19.0. The molecular formula is C17H13N6NaO3. The fourth-order valence-corrected chi connectivity index (χ4v) is 2.73. The molecular weight excluding hydrogens is 359 g/mol. The van der Waals surface area contributed by atoms with Crippen LogP contribution in [0.3, 0.4) is 0 Å². The molecule has 3 heterocycles. The van der Waals surface area contributed by atoms with Crippen LogP contribution in [0.5, 0.6) is 5.75 Å². The summed E-state index contributed by atoms with van der Waals surface area (Å²) in [5, 5.41) is 25.2. The SMILES string of the molecule is O=C1C(/C([O-])=N/c2nn[nH]n2)=CC(Oc2ccccc2)C2C=CC=CN12.[Na+]. The normalized spacial score (nSPS) is 21.3. The van der Waals surface area contributed by atoms with E-state index < -0.39 is 17.9 Å². The van der Waals surface area contributed by atoms with Crippen LogP contribution in [-0.4, -0.2) is 49.5 Å². The van der Waals surface area contributed by atoms with Crippen molar-refractivity contribution < 1.29 is 44.2 Å². The van der Waals surface area contributed by atoms with E-state index in [0.29, 0.717) is 5.75 Å². The standard InChI is InChI=1S/C17H14N6O3.Na/c24-15(18-17-19-21-22-20-17)12-10-14(26-11-6-2-1-3-7-11)13-8-4-5-9-23(13)16(12)25;/h1-10,13-14H,(H2,18,19,20,21,22,24);/q;+1/p-1. The maximum absolute atomic E-state index is 12.7. The number of nitrogens with zero attached hydrogens (tertiary/aromatic N) is 5. The van der Waals surface area contributed by atoms with E-state index in [0.717, 1.165) is 0 Å². The Bertz CT molecular complexity index is 923. The molecule has 1 amide bonds. The van der Waals surface area contributed by atoms with E-state index in [4.69, 9.17) is 4.74 Å². The molecule has 0 fully saturated rings. The Morgan fingerprint density at radius 2 is 2.07 bits per heavy atom. The smallest absolute Gasteiger partial charge is 0.858 e. The Balaban J connectivity index is 0.00000210. The topological polar surface area (TPSA) is 119 Å². The van der Waals surface area contributed by atoms with E-state index >= 15 is 0 Å². The molecule has 2 aliphatic heterocycles. The monoisotopic (exact) mass is 372 g/mol. The summed E-state index contributed by atoms with van der Waals surface area (Å²) in [6.45, 7) is 0. The predicted octanol–water partition coefficient (Wildman–Crippen LogP) is -2.74. The van der Waals surface area contributed by atoms with Gasteiger partial charge in [-0.1, -0.05) is 35.4 Å². The summed E-state index contributed by atoms with van der Waals surface area (Å²) in [5.74, 6) is -0.714. The summed E-state index contributed by atoms with van der Waals surface area (Å²) < 4.78 is 5.99. The van der Waals surface area contributed by atoms with Crippen molar-refractivity contribution in [2.24, 2.45) is 4.99 Å². The van der Waals surface area contributed by atoms with Gasteiger partial charge in [0, 0.05) is 12.1 Å². The van der Waals surface area contributed by atoms with E-state index in [1.165, 1.54) is 11.0 Å². The average Bonchev–Trinajstić information content (AvgIpc) is 3.18. The van der Waals surface area contributed by atoms with Crippen LogP contribution in [0.15, 0.2) is 71.4 Å². The van der Waals surface area contributed by atoms with Crippen molar-refractivity contribution in [3.05, 3.63) is 66.4 Å². The molecule has 0 bridgehead atoms. The van der Waals surface area contributed by atoms with Gasteiger partial charge >= 0.3 is 29.6 Å². The summed E-state index contributed by atoms with van der Waals surface area (Å²) in [7, 11) is 0. The van der Waals surface area contributed by atoms with Crippen LogP contribution in [0.4, 0.5) is 5.95 Å². The van der Waals surface area contributed by atoms with Crippen LogP contribution < -0.4 is 39.4 Å². The Hall–Kier alpha value is -2.75. The van der Waals surface area contributed by atoms with Crippen LogP contribution >= 0.6 is 0 Å². The quantitative estimate of drug-likeness (QED) is 0.353. The molecule has 10 heteroatoms. The number of hydrogen-bond donors (Lipinski definition) is 1. The number of H-pyrrole nitrogens is 1. The predicted molar refractivity (Wildman–Crippen MR) is 89.1 cm³/mol. The van der Waals surface area contributed by atoms with Crippen LogP contribution in [0.25, 0.3) is 0 Å². The molecule has 0 saturated heterocycles. The number of hydrogen-bond acceptors (Lipinski definition) is 7. The zero-order valence-corrected chi connectivity index (χ0v) is 16.4. The first-order valence-corrected chi connectivity index (χ1v) is 7.83. The van der Waals surface area contributed by atoms with Gasteiger partial charge in [0.25, 0.3) is 11.9 Å². The second-order valence-corrected chi connectivity index (χ2v) is 5.53. The van der Waals surface area contributed by atoms with Gasteiger partial charge in [-0.05, 0) is 29.5 Å². The third-order valence-electron chi connectivity index (χ3n) is 3.90. The van der Waals surface area contributed by atoms with E-state index in [-0.39, 0.29) is 47.1 Å². The van der Waals surface area contributed by atoms with Gasteiger partial charge in [-0.25, -0.2) is 4.99 Å². The van der Waals surface area contributed by atoms with Crippen LogP contribution in [0.1, 0.15) is 0 Å². The molecule has 2 unspecified atom stereocenters. The minimum Gasteiger partial charge on any atom is -0.858 e. The zero-order chi connectivity index (χ0) is 17.9. The van der Waals surface area contributed by atoms with Gasteiger partial charge in [0.15, 0.2) is 0 Å². The van der Waals surface area contributed by atoms with Crippen molar-refractivity contribution in [2.45, 2.75) is 12.1 Å². The second kappa shape index (κ2) is 8.30. The summed E-state index contributed by atoms with van der Waals surface area (Å²) in [6.07, 6.45) is 7.96. The van der Waals surface area contributed by atoms with E-state index in [1.807, 2.05) is 42.5 Å². The Kier molecular flexibility index (Phi) is 5.84. The van der Waals surface area contributed by atoms with E-state index in [9.17, 15) is 9.90 Å². The van der Waals surface area contributed by atoms with Gasteiger partial charge in [-0.15, -0.1) is 5.10 Å². The summed E-state index contributed by atoms with van der Waals surface area (Å²) >= 11 is 0. The number of carbonyl (C=O) groups excluding carboxylic acids is 1. The number of aromatic nitrogens is 4. The number of amides is 1. The molecule has 130 valence electrons. The molecule has 2 aliphatic rings. The summed E-state index contributed by atoms with van der Waals surface area (Å²) in [5.41, 5.74) is -0.105. The van der Waals surface area contributed by atoms with Crippen LogP contribution in [0.2, 0.25) is 0 Å². The Morgan fingerprint density at radius 3 is 2.81 bits per heavy atom. The molecule has 0 saturated carbocycles. The first-order valence-electron chi connectivity index (χ1n) is 7.83. The average molecular weight is 372 g/mol. The third-order valence-corrected chi connectivity index (χ3v) is 3.90. The summed E-state index contributed by atoms with van der Waals surface area (Å²) in [6, 6.07) is 8.83. The summed E-state index contributed by atoms with van der Waals surface area (Å²) in [4.78, 5) is 17.9. The van der Waals surface area contributed by atoms with Gasteiger partial charge in [-0.3, -0.25) is 4.79 Å². The Labute approximate surface area is 176 Å². The fraction of sp³-hybridized carbons (Fsp3) is 0.118. The number of carbonyl (C=O) groups is 1. The molecule has 1 aromatic carbocycles. The van der Waals surface area contributed by atoms with Crippen LogP contribution in [0, 0.1) is 0 Å². The van der Waals surface area contributed by atoms with E-state index in [1.54, 1.807) is 12.3 Å². The molecule has 1 N–H and O–H groups in total. The fourth-order valence-electron chi connectivity index (χ4n) is 2.73. The number of aromatic amines is 1. The van der Waals surface area contributed by atoms with Gasteiger partial charge in [0.1, 0.15) is 11.9 Å². The third kappa shape index (κ3) is 4.00. The van der Waals surface area contributed by atoms with Gasteiger partial charge in [0.2, 0.25) is 0 Å². The zero-order valence-electron chi connectivity index (χ0n) is 14.4. The largest absolute Gasteiger partial charge is 1.00 e. The molecule has 1 aromatic heterocycles. The van der Waals surface area contributed by atoms with Crippen molar-refractivity contribution in [1.29, 1.82) is 0 Å². The number of nitrogens with one attached hydrogen (secondary N) is 1. The van der Waals surface area contributed by atoms with Crippen molar-refractivity contribution in [3.63, 3.8) is 0 Å². The number of fused-ring (bicyclic) bond motifs is 1. The first-order chi connectivity index (χ1) is 12.7. The van der Waals surface area contributed by atoms with Gasteiger partial charge in [0.05, 0.1) is 11.6 Å².